The van der Waals surface area contributed by atoms with Crippen molar-refractivity contribution >= 4 is 23.0 Å². The highest BCUT2D eigenvalue weighted by Crippen LogP contribution is 2.22. The quantitative estimate of drug-likeness (QED) is 0.906. The number of anilines is 3. The lowest BCUT2D eigenvalue weighted by molar-refractivity contribution is 0.102. The van der Waals surface area contributed by atoms with Crippen molar-refractivity contribution in [1.82, 2.24) is 4.98 Å². The second-order valence-corrected chi connectivity index (χ2v) is 5.03. The van der Waals surface area contributed by atoms with Gasteiger partial charge in [0.2, 0.25) is 0 Å². The summed E-state index contributed by atoms with van der Waals surface area (Å²) in [4.78, 5) is 18.3. The minimum Gasteiger partial charge on any atom is -0.387 e. The average molecular weight is 284 g/mol. The van der Waals surface area contributed by atoms with Gasteiger partial charge in [-0.1, -0.05) is 6.07 Å². The normalized spacial score (nSPS) is 10.1. The van der Waals surface area contributed by atoms with Gasteiger partial charge in [0, 0.05) is 32.5 Å². The smallest absolute Gasteiger partial charge is 0.274 e. The molecular formula is C16H20N4O. The largest absolute Gasteiger partial charge is 0.387 e. The van der Waals surface area contributed by atoms with E-state index in [1.54, 1.807) is 12.3 Å². The first-order valence-corrected chi connectivity index (χ1v) is 6.74. The number of nitrogens with zero attached hydrogens (tertiary/aromatic N) is 2. The van der Waals surface area contributed by atoms with E-state index >= 15 is 0 Å². The standard InChI is InChI=1S/C16H20N4O/c1-11-5-6-12(9-15(11)20(3)4)19-16(21)14-8-7-13(17-2)10-18-14/h5-10,17H,1-4H3,(H,19,21). The van der Waals surface area contributed by atoms with Crippen LogP contribution in [0.4, 0.5) is 17.1 Å². The highest BCUT2D eigenvalue weighted by atomic mass is 16.1. The molecule has 0 fully saturated rings. The summed E-state index contributed by atoms with van der Waals surface area (Å²) in [6, 6.07) is 9.35. The van der Waals surface area contributed by atoms with E-state index in [-0.39, 0.29) is 5.91 Å². The number of aromatic nitrogens is 1. The molecule has 1 aromatic carbocycles. The van der Waals surface area contributed by atoms with Gasteiger partial charge >= 0.3 is 0 Å². The van der Waals surface area contributed by atoms with Crippen LogP contribution in [0.3, 0.4) is 0 Å². The van der Waals surface area contributed by atoms with Crippen molar-refractivity contribution in [3.05, 3.63) is 47.8 Å². The third-order valence-electron chi connectivity index (χ3n) is 3.23. The van der Waals surface area contributed by atoms with Gasteiger partial charge in [0.15, 0.2) is 0 Å². The van der Waals surface area contributed by atoms with E-state index in [1.807, 2.05) is 57.2 Å². The Balaban J connectivity index is 2.17. The van der Waals surface area contributed by atoms with Crippen molar-refractivity contribution < 1.29 is 4.79 Å². The molecule has 5 heteroatoms. The number of aryl methyl sites for hydroxylation is 1. The Labute approximate surface area is 125 Å². The molecule has 0 saturated carbocycles. The van der Waals surface area contributed by atoms with E-state index in [4.69, 9.17) is 0 Å². The number of nitrogens with one attached hydrogen (secondary N) is 2. The van der Waals surface area contributed by atoms with E-state index in [2.05, 4.69) is 15.6 Å². The summed E-state index contributed by atoms with van der Waals surface area (Å²) in [5.74, 6) is -0.216. The maximum atomic E-state index is 12.2. The molecule has 2 aromatic rings. The van der Waals surface area contributed by atoms with Gasteiger partial charge in [-0.2, -0.15) is 0 Å². The van der Waals surface area contributed by atoms with Gasteiger partial charge in [-0.15, -0.1) is 0 Å². The summed E-state index contributed by atoms with van der Waals surface area (Å²) in [6.07, 6.45) is 1.63. The molecule has 21 heavy (non-hydrogen) atoms. The average Bonchev–Trinajstić information content (AvgIpc) is 2.49. The molecule has 110 valence electrons. The molecule has 0 atom stereocenters. The molecule has 1 amide bonds. The third-order valence-corrected chi connectivity index (χ3v) is 3.23. The van der Waals surface area contributed by atoms with Crippen LogP contribution >= 0.6 is 0 Å². The van der Waals surface area contributed by atoms with E-state index in [9.17, 15) is 4.79 Å². The maximum absolute atomic E-state index is 12.2. The number of pyridine rings is 1. The van der Waals surface area contributed by atoms with Crippen LogP contribution in [0.5, 0.6) is 0 Å². The molecule has 2 N–H and O–H groups in total. The van der Waals surface area contributed by atoms with Crippen LogP contribution in [0.2, 0.25) is 0 Å². The molecule has 0 aliphatic heterocycles. The van der Waals surface area contributed by atoms with Crippen molar-refractivity contribution in [2.45, 2.75) is 6.92 Å². The van der Waals surface area contributed by atoms with Crippen molar-refractivity contribution in [1.29, 1.82) is 0 Å². The Bertz CT molecular complexity index is 635. The Morgan fingerprint density at radius 1 is 1.14 bits per heavy atom. The van der Waals surface area contributed by atoms with E-state index in [1.165, 1.54) is 0 Å². The Hall–Kier alpha value is -2.56. The van der Waals surface area contributed by atoms with Gasteiger partial charge < -0.3 is 15.5 Å². The van der Waals surface area contributed by atoms with E-state index in [0.717, 1.165) is 22.6 Å². The van der Waals surface area contributed by atoms with Gasteiger partial charge in [-0.3, -0.25) is 4.79 Å². The van der Waals surface area contributed by atoms with Crippen molar-refractivity contribution in [3.63, 3.8) is 0 Å². The Kier molecular flexibility index (Phi) is 4.42. The first kappa shape index (κ1) is 14.8. The van der Waals surface area contributed by atoms with Crippen LogP contribution in [0.15, 0.2) is 36.5 Å². The lowest BCUT2D eigenvalue weighted by atomic mass is 10.1. The van der Waals surface area contributed by atoms with Gasteiger partial charge in [0.05, 0.1) is 11.9 Å². The van der Waals surface area contributed by atoms with Crippen LogP contribution < -0.4 is 15.5 Å². The minimum absolute atomic E-state index is 0.216. The lowest BCUT2D eigenvalue weighted by Crippen LogP contribution is -2.15. The van der Waals surface area contributed by atoms with Crippen molar-refractivity contribution in [2.75, 3.05) is 36.7 Å². The highest BCUT2D eigenvalue weighted by Gasteiger charge is 2.09. The minimum atomic E-state index is -0.216. The molecular weight excluding hydrogens is 264 g/mol. The van der Waals surface area contributed by atoms with Crippen LogP contribution in [-0.4, -0.2) is 32.0 Å². The number of hydrogen-bond donors (Lipinski definition) is 2. The number of carbonyl (C=O) groups excluding carboxylic acids is 1. The summed E-state index contributed by atoms with van der Waals surface area (Å²) in [5, 5.41) is 5.84. The van der Waals surface area contributed by atoms with Crippen LogP contribution in [0, 0.1) is 6.92 Å². The number of rotatable bonds is 4. The molecule has 0 radical (unpaired) electrons. The van der Waals surface area contributed by atoms with Gasteiger partial charge in [-0.05, 0) is 36.8 Å². The van der Waals surface area contributed by atoms with Gasteiger partial charge in [0.25, 0.3) is 5.91 Å². The molecule has 0 saturated heterocycles. The summed E-state index contributed by atoms with van der Waals surface area (Å²) < 4.78 is 0. The van der Waals surface area contributed by atoms with Gasteiger partial charge in [0.1, 0.15) is 5.69 Å². The monoisotopic (exact) mass is 284 g/mol. The SMILES string of the molecule is CNc1ccc(C(=O)Nc2ccc(C)c(N(C)C)c2)nc1. The summed E-state index contributed by atoms with van der Waals surface area (Å²) in [5.41, 5.74) is 4.26. The first-order chi connectivity index (χ1) is 10.0. The zero-order chi connectivity index (χ0) is 15.4. The van der Waals surface area contributed by atoms with Crippen LogP contribution in [-0.2, 0) is 0 Å². The highest BCUT2D eigenvalue weighted by molar-refractivity contribution is 6.03. The molecule has 1 aromatic heterocycles. The first-order valence-electron chi connectivity index (χ1n) is 6.74. The third kappa shape index (κ3) is 3.51. The van der Waals surface area contributed by atoms with Crippen molar-refractivity contribution in [2.24, 2.45) is 0 Å². The summed E-state index contributed by atoms with van der Waals surface area (Å²) in [7, 11) is 5.77. The summed E-state index contributed by atoms with van der Waals surface area (Å²) in [6.45, 7) is 2.04. The zero-order valence-electron chi connectivity index (χ0n) is 12.8. The second-order valence-electron chi connectivity index (χ2n) is 5.03. The predicted molar refractivity (Wildman–Crippen MR) is 87.2 cm³/mol. The molecule has 5 nitrogen and oxygen atoms in total. The fourth-order valence-electron chi connectivity index (χ4n) is 2.04. The van der Waals surface area contributed by atoms with Crippen molar-refractivity contribution in [3.8, 4) is 0 Å². The number of amides is 1. The maximum Gasteiger partial charge on any atom is 0.274 e. The number of hydrogen-bond acceptors (Lipinski definition) is 4. The molecule has 0 bridgehead atoms. The fourth-order valence-corrected chi connectivity index (χ4v) is 2.04. The van der Waals surface area contributed by atoms with Crippen LogP contribution in [0.1, 0.15) is 16.1 Å². The Morgan fingerprint density at radius 3 is 2.43 bits per heavy atom. The zero-order valence-corrected chi connectivity index (χ0v) is 12.8. The van der Waals surface area contributed by atoms with Crippen LogP contribution in [0.25, 0.3) is 0 Å². The molecule has 0 unspecified atom stereocenters. The molecule has 0 aliphatic carbocycles. The van der Waals surface area contributed by atoms with Gasteiger partial charge in [-0.25, -0.2) is 4.98 Å². The molecule has 1 heterocycles. The number of benzene rings is 1. The molecule has 2 rings (SSSR count). The number of carbonyl (C=O) groups is 1. The van der Waals surface area contributed by atoms with E-state index in [0.29, 0.717) is 5.69 Å². The molecule has 0 aliphatic rings. The topological polar surface area (TPSA) is 57.3 Å². The fraction of sp³-hybridized carbons (Fsp3) is 0.250. The molecule has 0 spiro atoms. The van der Waals surface area contributed by atoms with E-state index < -0.39 is 0 Å². The lowest BCUT2D eigenvalue weighted by Gasteiger charge is -2.17. The Morgan fingerprint density at radius 2 is 1.86 bits per heavy atom. The second kappa shape index (κ2) is 6.26. The summed E-state index contributed by atoms with van der Waals surface area (Å²) >= 11 is 0. The predicted octanol–water partition coefficient (Wildman–Crippen LogP) is 2.75.